The van der Waals surface area contributed by atoms with Crippen LogP contribution in [0.15, 0.2) is 18.2 Å². The van der Waals surface area contributed by atoms with Crippen LogP contribution < -0.4 is 11.1 Å². The third-order valence-electron chi connectivity index (χ3n) is 2.74. The van der Waals surface area contributed by atoms with Gasteiger partial charge in [0.1, 0.15) is 0 Å². The number of nitrogen functional groups attached to an aromatic ring is 1. The fourth-order valence-electron chi connectivity index (χ4n) is 2.02. The maximum absolute atomic E-state index is 5.77. The van der Waals surface area contributed by atoms with Gasteiger partial charge in [0, 0.05) is 11.7 Å². The molecule has 0 spiro atoms. The van der Waals surface area contributed by atoms with Gasteiger partial charge in [0.25, 0.3) is 0 Å². The van der Waals surface area contributed by atoms with Gasteiger partial charge >= 0.3 is 0 Å². The Kier molecular flexibility index (Phi) is 2.23. The van der Waals surface area contributed by atoms with Crippen LogP contribution in [0, 0.1) is 0 Å². The van der Waals surface area contributed by atoms with Crippen molar-refractivity contribution in [2.24, 2.45) is 0 Å². The second-order valence-corrected chi connectivity index (χ2v) is 3.62. The summed E-state index contributed by atoms with van der Waals surface area (Å²) in [6.45, 7) is 3.30. The van der Waals surface area contributed by atoms with E-state index in [0.29, 0.717) is 6.04 Å². The zero-order valence-corrected chi connectivity index (χ0v) is 8.01. The number of nitrogens with two attached hydrogens (primary N) is 1. The van der Waals surface area contributed by atoms with Crippen LogP contribution in [0.3, 0.4) is 0 Å². The summed E-state index contributed by atoms with van der Waals surface area (Å²) >= 11 is 0. The Morgan fingerprint density at radius 2 is 2.38 bits per heavy atom. The third kappa shape index (κ3) is 1.54. The normalized spacial score (nSPS) is 21.2. The lowest BCUT2D eigenvalue weighted by molar-refractivity contribution is 0.493. The molecule has 13 heavy (non-hydrogen) atoms. The van der Waals surface area contributed by atoms with Crippen LogP contribution in [0.1, 0.15) is 30.5 Å². The second-order valence-electron chi connectivity index (χ2n) is 3.62. The number of anilines is 1. The van der Waals surface area contributed by atoms with E-state index in [9.17, 15) is 0 Å². The molecule has 0 bridgehead atoms. The summed E-state index contributed by atoms with van der Waals surface area (Å²) in [5.41, 5.74) is 9.50. The van der Waals surface area contributed by atoms with Gasteiger partial charge in [0.05, 0.1) is 0 Å². The fourth-order valence-corrected chi connectivity index (χ4v) is 2.02. The lowest BCUT2D eigenvalue weighted by Crippen LogP contribution is -2.29. The van der Waals surface area contributed by atoms with Crippen molar-refractivity contribution in [3.63, 3.8) is 0 Å². The SMILES string of the molecule is CCC1NCCc2ccc(N)cc21. The molecule has 0 fully saturated rings. The standard InChI is InChI=1S/C11H16N2/c1-2-11-10-7-9(12)4-3-8(10)5-6-13-11/h3-4,7,11,13H,2,5-6,12H2,1H3. The molecule has 70 valence electrons. The van der Waals surface area contributed by atoms with Crippen LogP contribution in [0.5, 0.6) is 0 Å². The first-order valence-electron chi connectivity index (χ1n) is 4.93. The highest BCUT2D eigenvalue weighted by Crippen LogP contribution is 2.26. The van der Waals surface area contributed by atoms with Crippen LogP contribution >= 0.6 is 0 Å². The van der Waals surface area contributed by atoms with Gasteiger partial charge in [0.15, 0.2) is 0 Å². The molecule has 2 rings (SSSR count). The van der Waals surface area contributed by atoms with E-state index in [0.717, 1.165) is 25.1 Å². The van der Waals surface area contributed by atoms with Crippen LogP contribution in [0.25, 0.3) is 0 Å². The van der Waals surface area contributed by atoms with Gasteiger partial charge < -0.3 is 11.1 Å². The van der Waals surface area contributed by atoms with Crippen LogP contribution in [0.2, 0.25) is 0 Å². The zero-order chi connectivity index (χ0) is 9.26. The van der Waals surface area contributed by atoms with Crippen LogP contribution in [-0.2, 0) is 6.42 Å². The average Bonchev–Trinajstić information content (AvgIpc) is 2.17. The van der Waals surface area contributed by atoms with Crippen molar-refractivity contribution in [2.45, 2.75) is 25.8 Å². The van der Waals surface area contributed by atoms with E-state index in [1.807, 2.05) is 6.07 Å². The molecule has 1 aliphatic heterocycles. The minimum absolute atomic E-state index is 0.507. The largest absolute Gasteiger partial charge is 0.399 e. The number of hydrogen-bond acceptors (Lipinski definition) is 2. The molecule has 1 heterocycles. The van der Waals surface area contributed by atoms with Crippen molar-refractivity contribution in [3.05, 3.63) is 29.3 Å². The number of benzene rings is 1. The van der Waals surface area contributed by atoms with Crippen molar-refractivity contribution < 1.29 is 0 Å². The van der Waals surface area contributed by atoms with Crippen molar-refractivity contribution >= 4 is 5.69 Å². The van der Waals surface area contributed by atoms with E-state index in [1.54, 1.807) is 0 Å². The molecule has 3 N–H and O–H groups in total. The van der Waals surface area contributed by atoms with Gasteiger partial charge in [-0.05, 0) is 42.6 Å². The Hall–Kier alpha value is -1.02. The molecule has 0 aliphatic carbocycles. The first kappa shape index (κ1) is 8.57. The Morgan fingerprint density at radius 1 is 1.54 bits per heavy atom. The Morgan fingerprint density at radius 3 is 3.15 bits per heavy atom. The summed E-state index contributed by atoms with van der Waals surface area (Å²) < 4.78 is 0. The summed E-state index contributed by atoms with van der Waals surface area (Å²) in [5, 5.41) is 3.50. The summed E-state index contributed by atoms with van der Waals surface area (Å²) in [6, 6.07) is 6.77. The van der Waals surface area contributed by atoms with Gasteiger partial charge in [0.2, 0.25) is 0 Å². The minimum Gasteiger partial charge on any atom is -0.399 e. The molecular formula is C11H16N2. The van der Waals surface area contributed by atoms with E-state index in [2.05, 4.69) is 24.4 Å². The smallest absolute Gasteiger partial charge is 0.0321 e. The average molecular weight is 176 g/mol. The number of fused-ring (bicyclic) bond motifs is 1. The van der Waals surface area contributed by atoms with Crippen molar-refractivity contribution in [3.8, 4) is 0 Å². The predicted octanol–water partition coefficient (Wildman–Crippen LogP) is 1.87. The van der Waals surface area contributed by atoms with Gasteiger partial charge in [-0.1, -0.05) is 13.0 Å². The minimum atomic E-state index is 0.507. The first-order valence-corrected chi connectivity index (χ1v) is 4.93. The highest BCUT2D eigenvalue weighted by molar-refractivity contribution is 5.46. The van der Waals surface area contributed by atoms with E-state index >= 15 is 0 Å². The molecule has 0 radical (unpaired) electrons. The lowest BCUT2D eigenvalue weighted by Gasteiger charge is -2.26. The molecule has 1 aliphatic rings. The molecule has 0 amide bonds. The summed E-state index contributed by atoms with van der Waals surface area (Å²) in [5.74, 6) is 0. The molecule has 1 unspecified atom stereocenters. The maximum Gasteiger partial charge on any atom is 0.0321 e. The molecule has 2 nitrogen and oxygen atoms in total. The van der Waals surface area contributed by atoms with E-state index in [-0.39, 0.29) is 0 Å². The Labute approximate surface area is 79.1 Å². The van der Waals surface area contributed by atoms with E-state index < -0.39 is 0 Å². The van der Waals surface area contributed by atoms with Crippen LogP contribution in [-0.4, -0.2) is 6.54 Å². The molecule has 0 saturated heterocycles. The van der Waals surface area contributed by atoms with Crippen molar-refractivity contribution in [1.82, 2.24) is 5.32 Å². The second kappa shape index (κ2) is 3.38. The molecule has 2 heteroatoms. The quantitative estimate of drug-likeness (QED) is 0.641. The van der Waals surface area contributed by atoms with Gasteiger partial charge in [-0.15, -0.1) is 0 Å². The van der Waals surface area contributed by atoms with E-state index in [4.69, 9.17) is 5.73 Å². The van der Waals surface area contributed by atoms with E-state index in [1.165, 1.54) is 11.1 Å². The molecular weight excluding hydrogens is 160 g/mol. The summed E-state index contributed by atoms with van der Waals surface area (Å²) in [7, 11) is 0. The maximum atomic E-state index is 5.77. The monoisotopic (exact) mass is 176 g/mol. The highest BCUT2D eigenvalue weighted by atomic mass is 14.9. The molecule has 1 atom stereocenters. The van der Waals surface area contributed by atoms with Crippen LogP contribution in [0.4, 0.5) is 5.69 Å². The van der Waals surface area contributed by atoms with Gasteiger partial charge in [-0.3, -0.25) is 0 Å². The number of rotatable bonds is 1. The van der Waals surface area contributed by atoms with Crippen molar-refractivity contribution in [2.75, 3.05) is 12.3 Å². The van der Waals surface area contributed by atoms with Crippen molar-refractivity contribution in [1.29, 1.82) is 0 Å². The Bertz CT molecular complexity index is 307. The number of nitrogens with one attached hydrogen (secondary N) is 1. The van der Waals surface area contributed by atoms with Gasteiger partial charge in [-0.25, -0.2) is 0 Å². The molecule has 0 aromatic heterocycles. The first-order chi connectivity index (χ1) is 6.31. The highest BCUT2D eigenvalue weighted by Gasteiger charge is 2.17. The third-order valence-corrected chi connectivity index (χ3v) is 2.74. The number of hydrogen-bond donors (Lipinski definition) is 2. The lowest BCUT2D eigenvalue weighted by atomic mass is 9.92. The summed E-state index contributed by atoms with van der Waals surface area (Å²) in [4.78, 5) is 0. The Balaban J connectivity index is 2.41. The zero-order valence-electron chi connectivity index (χ0n) is 8.01. The fraction of sp³-hybridized carbons (Fsp3) is 0.455. The summed E-state index contributed by atoms with van der Waals surface area (Å²) in [6.07, 6.45) is 2.27. The topological polar surface area (TPSA) is 38.0 Å². The molecule has 1 aromatic rings. The molecule has 1 aromatic carbocycles. The van der Waals surface area contributed by atoms with Gasteiger partial charge in [-0.2, -0.15) is 0 Å². The predicted molar refractivity (Wildman–Crippen MR) is 55.6 cm³/mol. The molecule has 0 saturated carbocycles.